The van der Waals surface area contributed by atoms with Crippen LogP contribution >= 0.6 is 23.8 Å². The summed E-state index contributed by atoms with van der Waals surface area (Å²) in [5.41, 5.74) is 0.693. The average Bonchev–Trinajstić information content (AvgIpc) is 2.55. The lowest BCUT2D eigenvalue weighted by atomic mass is 10.3. The van der Waals surface area contributed by atoms with Gasteiger partial charge < -0.3 is 9.67 Å². The Morgan fingerprint density at radius 2 is 2.06 bits per heavy atom. The zero-order chi connectivity index (χ0) is 11.7. The maximum Gasteiger partial charge on any atom is 0.214 e. The SMILES string of the molecule is CCn1cc(O)n(-c2ccccc2Cl)c1=S. The number of hydrogen-bond donors (Lipinski definition) is 1. The molecule has 0 radical (unpaired) electrons. The first kappa shape index (κ1) is 11.2. The fourth-order valence-electron chi connectivity index (χ4n) is 1.56. The molecule has 0 unspecified atom stereocenters. The fraction of sp³-hybridized carbons (Fsp3) is 0.182. The summed E-state index contributed by atoms with van der Waals surface area (Å²) in [6.45, 7) is 2.68. The van der Waals surface area contributed by atoms with Gasteiger partial charge in [0.25, 0.3) is 0 Å². The molecule has 0 saturated heterocycles. The summed E-state index contributed by atoms with van der Waals surface area (Å²) in [7, 11) is 0. The van der Waals surface area contributed by atoms with Crippen molar-refractivity contribution in [2.75, 3.05) is 0 Å². The van der Waals surface area contributed by atoms with E-state index in [0.29, 0.717) is 22.0 Å². The quantitative estimate of drug-likeness (QED) is 0.833. The lowest BCUT2D eigenvalue weighted by molar-refractivity contribution is 0.441. The summed E-state index contributed by atoms with van der Waals surface area (Å²) in [5.74, 6) is 0.0972. The van der Waals surface area contributed by atoms with Crippen molar-refractivity contribution in [2.24, 2.45) is 0 Å². The Morgan fingerprint density at radius 1 is 1.38 bits per heavy atom. The van der Waals surface area contributed by atoms with Crippen molar-refractivity contribution in [1.82, 2.24) is 9.13 Å². The first-order chi connectivity index (χ1) is 7.65. The van der Waals surface area contributed by atoms with Crippen LogP contribution in [0, 0.1) is 4.77 Å². The van der Waals surface area contributed by atoms with E-state index in [4.69, 9.17) is 23.8 Å². The summed E-state index contributed by atoms with van der Waals surface area (Å²) in [6, 6.07) is 7.27. The largest absolute Gasteiger partial charge is 0.493 e. The number of para-hydroxylation sites is 1. The van der Waals surface area contributed by atoms with Crippen LogP contribution in [0.1, 0.15) is 6.92 Å². The second-order valence-electron chi connectivity index (χ2n) is 3.34. The average molecular weight is 255 g/mol. The smallest absolute Gasteiger partial charge is 0.214 e. The summed E-state index contributed by atoms with van der Waals surface area (Å²) in [5, 5.41) is 10.4. The topological polar surface area (TPSA) is 30.1 Å². The predicted octanol–water partition coefficient (Wildman–Crippen LogP) is 3.39. The molecule has 0 saturated carbocycles. The van der Waals surface area contributed by atoms with Gasteiger partial charge in [0.15, 0.2) is 4.77 Å². The Kier molecular flexibility index (Phi) is 3.03. The Balaban J connectivity index is 2.70. The van der Waals surface area contributed by atoms with Gasteiger partial charge in [0.05, 0.1) is 16.9 Å². The molecule has 0 bridgehead atoms. The standard InChI is InChI=1S/C11H11ClN2OS/c1-2-13-7-10(15)14(11(13)16)9-6-4-3-5-8(9)12/h3-7,15H,2H2,1H3. The zero-order valence-electron chi connectivity index (χ0n) is 8.72. The molecule has 1 heterocycles. The maximum absolute atomic E-state index is 9.84. The monoisotopic (exact) mass is 254 g/mol. The van der Waals surface area contributed by atoms with Crippen LogP contribution in [-0.4, -0.2) is 14.2 Å². The molecule has 16 heavy (non-hydrogen) atoms. The minimum atomic E-state index is 0.0972. The van der Waals surface area contributed by atoms with Crippen LogP contribution in [0.4, 0.5) is 0 Å². The number of benzene rings is 1. The third-order valence-electron chi connectivity index (χ3n) is 2.37. The van der Waals surface area contributed by atoms with E-state index >= 15 is 0 Å². The van der Waals surface area contributed by atoms with Crippen molar-refractivity contribution >= 4 is 23.8 Å². The van der Waals surface area contributed by atoms with E-state index in [-0.39, 0.29) is 5.88 Å². The van der Waals surface area contributed by atoms with Crippen molar-refractivity contribution in [3.63, 3.8) is 0 Å². The van der Waals surface area contributed by atoms with Crippen molar-refractivity contribution in [3.8, 4) is 11.6 Å². The van der Waals surface area contributed by atoms with Gasteiger partial charge in [0.1, 0.15) is 0 Å². The normalized spacial score (nSPS) is 10.6. The molecule has 0 aliphatic heterocycles. The molecule has 0 fully saturated rings. The molecule has 1 aromatic carbocycles. The zero-order valence-corrected chi connectivity index (χ0v) is 10.3. The Labute approximate surface area is 104 Å². The lowest BCUT2D eigenvalue weighted by Gasteiger charge is -2.06. The summed E-state index contributed by atoms with van der Waals surface area (Å²) in [4.78, 5) is 0. The second-order valence-corrected chi connectivity index (χ2v) is 4.12. The summed E-state index contributed by atoms with van der Waals surface area (Å²) >= 11 is 11.3. The van der Waals surface area contributed by atoms with E-state index in [1.807, 2.05) is 25.1 Å². The highest BCUT2D eigenvalue weighted by atomic mass is 35.5. The van der Waals surface area contributed by atoms with Gasteiger partial charge in [-0.05, 0) is 31.3 Å². The second kappa shape index (κ2) is 4.31. The number of aromatic nitrogens is 2. The minimum absolute atomic E-state index is 0.0972. The lowest BCUT2D eigenvalue weighted by Crippen LogP contribution is -1.98. The summed E-state index contributed by atoms with van der Waals surface area (Å²) < 4.78 is 3.88. The number of aryl methyl sites for hydroxylation is 1. The van der Waals surface area contributed by atoms with Crippen LogP contribution in [-0.2, 0) is 6.54 Å². The molecule has 5 heteroatoms. The van der Waals surface area contributed by atoms with Gasteiger partial charge >= 0.3 is 0 Å². The molecule has 84 valence electrons. The van der Waals surface area contributed by atoms with E-state index in [2.05, 4.69) is 0 Å². The molecule has 0 amide bonds. The number of hydrogen-bond acceptors (Lipinski definition) is 2. The van der Waals surface area contributed by atoms with E-state index in [1.54, 1.807) is 21.4 Å². The van der Waals surface area contributed by atoms with E-state index in [9.17, 15) is 5.11 Å². The summed E-state index contributed by atoms with van der Waals surface area (Å²) in [6.07, 6.45) is 1.60. The van der Waals surface area contributed by atoms with Gasteiger partial charge in [-0.2, -0.15) is 0 Å². The molecule has 0 aliphatic carbocycles. The van der Waals surface area contributed by atoms with Crippen molar-refractivity contribution in [1.29, 1.82) is 0 Å². The predicted molar refractivity (Wildman–Crippen MR) is 66.9 cm³/mol. The van der Waals surface area contributed by atoms with Crippen LogP contribution in [0.25, 0.3) is 5.69 Å². The molecule has 0 spiro atoms. The molecule has 2 rings (SSSR count). The molecule has 3 nitrogen and oxygen atoms in total. The molecule has 1 N–H and O–H groups in total. The van der Waals surface area contributed by atoms with Crippen molar-refractivity contribution in [3.05, 3.63) is 40.3 Å². The third kappa shape index (κ3) is 1.74. The Hall–Kier alpha value is -1.26. The van der Waals surface area contributed by atoms with E-state index in [0.717, 1.165) is 0 Å². The number of nitrogens with zero attached hydrogens (tertiary/aromatic N) is 2. The number of aromatic hydroxyl groups is 1. The van der Waals surface area contributed by atoms with Crippen LogP contribution < -0.4 is 0 Å². The molecule has 0 atom stereocenters. The molecular formula is C11H11ClN2OS. The molecule has 1 aromatic heterocycles. The highest BCUT2D eigenvalue weighted by Gasteiger charge is 2.10. The van der Waals surface area contributed by atoms with Crippen molar-refractivity contribution in [2.45, 2.75) is 13.5 Å². The first-order valence-corrected chi connectivity index (χ1v) is 5.69. The number of imidazole rings is 1. The Bertz CT molecular complexity index is 574. The van der Waals surface area contributed by atoms with Gasteiger partial charge in [0, 0.05) is 6.54 Å². The molecule has 0 aliphatic rings. The van der Waals surface area contributed by atoms with Gasteiger partial charge in [-0.15, -0.1) is 0 Å². The van der Waals surface area contributed by atoms with Crippen LogP contribution in [0.2, 0.25) is 5.02 Å². The van der Waals surface area contributed by atoms with Gasteiger partial charge in [0.2, 0.25) is 5.88 Å². The van der Waals surface area contributed by atoms with Crippen LogP contribution in [0.15, 0.2) is 30.5 Å². The fourth-order valence-corrected chi connectivity index (χ4v) is 2.16. The van der Waals surface area contributed by atoms with Crippen LogP contribution in [0.3, 0.4) is 0 Å². The minimum Gasteiger partial charge on any atom is -0.493 e. The van der Waals surface area contributed by atoms with E-state index in [1.165, 1.54) is 0 Å². The molecular weight excluding hydrogens is 244 g/mol. The van der Waals surface area contributed by atoms with Gasteiger partial charge in [-0.3, -0.25) is 4.57 Å². The maximum atomic E-state index is 9.84. The Morgan fingerprint density at radius 3 is 2.62 bits per heavy atom. The van der Waals surface area contributed by atoms with E-state index < -0.39 is 0 Å². The highest BCUT2D eigenvalue weighted by molar-refractivity contribution is 7.71. The molecule has 2 aromatic rings. The van der Waals surface area contributed by atoms with Gasteiger partial charge in [-0.25, -0.2) is 0 Å². The third-order valence-corrected chi connectivity index (χ3v) is 3.11. The van der Waals surface area contributed by atoms with Crippen LogP contribution in [0.5, 0.6) is 5.88 Å². The number of halogens is 1. The van der Waals surface area contributed by atoms with Crippen molar-refractivity contribution < 1.29 is 5.11 Å². The highest BCUT2D eigenvalue weighted by Crippen LogP contribution is 2.25. The number of rotatable bonds is 2. The van der Waals surface area contributed by atoms with Gasteiger partial charge in [-0.1, -0.05) is 23.7 Å². The first-order valence-electron chi connectivity index (χ1n) is 4.91.